The van der Waals surface area contributed by atoms with Gasteiger partial charge in [-0.2, -0.15) is 5.26 Å². The van der Waals surface area contributed by atoms with E-state index in [0.29, 0.717) is 23.4 Å². The lowest BCUT2D eigenvalue weighted by Crippen LogP contribution is -2.41. The number of carbonyl (C=O) groups is 3. The van der Waals surface area contributed by atoms with Crippen LogP contribution in [0.4, 0.5) is 26.9 Å². The van der Waals surface area contributed by atoms with Crippen LogP contribution in [-0.4, -0.2) is 77.4 Å². The largest absolute Gasteiger partial charge is 0.493 e. The van der Waals surface area contributed by atoms with E-state index in [2.05, 4.69) is 33.2 Å². The van der Waals surface area contributed by atoms with Gasteiger partial charge in [0, 0.05) is 55.6 Å². The summed E-state index contributed by atoms with van der Waals surface area (Å²) in [6.45, 7) is 11.4. The maximum absolute atomic E-state index is 13.4. The third-order valence-corrected chi connectivity index (χ3v) is 7.16. The summed E-state index contributed by atoms with van der Waals surface area (Å²) in [6, 6.07) is 10.4. The topological polar surface area (TPSA) is 164 Å². The van der Waals surface area contributed by atoms with Crippen LogP contribution >= 0.6 is 0 Å². The number of hydrogen-bond donors (Lipinski definition) is 2. The van der Waals surface area contributed by atoms with Gasteiger partial charge in [-0.15, -0.1) is 0 Å². The molecule has 0 fully saturated rings. The quantitative estimate of drug-likeness (QED) is 0.196. The summed E-state index contributed by atoms with van der Waals surface area (Å²) in [6.07, 6.45) is 2.89. The lowest BCUT2D eigenvalue weighted by molar-refractivity contribution is -0.111. The molecule has 2 aromatic carbocycles. The fourth-order valence-electron chi connectivity index (χ4n) is 4.99. The third-order valence-electron chi connectivity index (χ3n) is 7.16. The lowest BCUT2D eigenvalue weighted by atomic mass is 10.0. The van der Waals surface area contributed by atoms with Crippen LogP contribution in [0, 0.1) is 18.3 Å². The molecule has 2 N–H and O–H groups in total. The van der Waals surface area contributed by atoms with Gasteiger partial charge in [-0.1, -0.05) is 6.58 Å². The minimum absolute atomic E-state index is 0.0542. The minimum atomic E-state index is -0.951. The van der Waals surface area contributed by atoms with Crippen LogP contribution in [0.15, 0.2) is 55.4 Å². The minimum Gasteiger partial charge on any atom is -0.493 e. The fraction of sp³-hybridized carbons (Fsp3) is 0.314. The normalized spacial score (nSPS) is 11.1. The zero-order chi connectivity index (χ0) is 36.0. The Morgan fingerprint density at radius 2 is 1.84 bits per heavy atom. The monoisotopic (exact) mass is 668 g/mol. The highest BCUT2D eigenvalue weighted by atomic mass is 16.6. The molecule has 0 saturated heterocycles. The maximum atomic E-state index is 13.4. The summed E-state index contributed by atoms with van der Waals surface area (Å²) in [7, 11) is 6.97. The molecular formula is C35H40N8O6. The van der Waals surface area contributed by atoms with Crippen molar-refractivity contribution in [3.05, 3.63) is 66.5 Å². The smallest absolute Gasteiger partial charge is 0.419 e. The number of methoxy groups -OCH3 is 1. The van der Waals surface area contributed by atoms with Crippen LogP contribution in [0.2, 0.25) is 0 Å². The molecular weight excluding hydrogens is 628 g/mol. The second-order valence-corrected chi connectivity index (χ2v) is 12.4. The Labute approximate surface area is 284 Å². The number of nitrogens with one attached hydrogen (secondary N) is 2. The highest BCUT2D eigenvalue weighted by molar-refractivity contribution is 6.04. The van der Waals surface area contributed by atoms with E-state index in [0.717, 1.165) is 22.5 Å². The zero-order valence-corrected chi connectivity index (χ0v) is 28.9. The van der Waals surface area contributed by atoms with E-state index in [4.69, 9.17) is 14.2 Å². The van der Waals surface area contributed by atoms with Crippen molar-refractivity contribution >= 4 is 46.3 Å². The van der Waals surface area contributed by atoms with Gasteiger partial charge in [0.05, 0.1) is 35.3 Å². The average Bonchev–Trinajstić information content (AvgIpc) is 3.33. The second-order valence-electron chi connectivity index (χ2n) is 12.4. The molecule has 4 rings (SSSR count). The van der Waals surface area contributed by atoms with Crippen LogP contribution < -0.4 is 25.0 Å². The molecule has 0 aliphatic carbocycles. The number of benzene rings is 2. The van der Waals surface area contributed by atoms with Crippen molar-refractivity contribution in [1.29, 1.82) is 5.26 Å². The molecule has 0 bridgehead atoms. The van der Waals surface area contributed by atoms with Gasteiger partial charge >= 0.3 is 12.2 Å². The van der Waals surface area contributed by atoms with E-state index in [1.807, 2.05) is 49.8 Å². The van der Waals surface area contributed by atoms with Crippen LogP contribution in [-0.2, 0) is 16.6 Å². The van der Waals surface area contributed by atoms with Crippen molar-refractivity contribution < 1.29 is 28.6 Å². The molecule has 3 amide bonds. The Bertz CT molecular complexity index is 1950. The fourth-order valence-corrected chi connectivity index (χ4v) is 4.99. The first-order valence-corrected chi connectivity index (χ1v) is 15.3. The SMILES string of the molecule is C=CC(=O)Nc1cc(OC(=O)Nc2nccc(-c3cc(C#N)c4c(c3)c(C)cn4C)n2)c(OC)cc1N(CCN(C)C)C(=O)OC(C)(C)C. The average molecular weight is 669 g/mol. The van der Waals surface area contributed by atoms with Crippen LogP contribution in [0.3, 0.4) is 0 Å². The van der Waals surface area contributed by atoms with Crippen molar-refractivity contribution in [3.63, 3.8) is 0 Å². The van der Waals surface area contributed by atoms with E-state index >= 15 is 0 Å². The first-order chi connectivity index (χ1) is 23.1. The van der Waals surface area contributed by atoms with Crippen LogP contribution in [0.25, 0.3) is 22.2 Å². The number of hydrogen-bond acceptors (Lipinski definition) is 10. The molecule has 14 nitrogen and oxygen atoms in total. The number of rotatable bonds is 10. The summed E-state index contributed by atoms with van der Waals surface area (Å²) >= 11 is 0. The van der Waals surface area contributed by atoms with Crippen molar-refractivity contribution in [2.24, 2.45) is 7.05 Å². The van der Waals surface area contributed by atoms with Crippen LogP contribution in [0.1, 0.15) is 31.9 Å². The molecule has 0 aliphatic rings. The first kappa shape index (κ1) is 35.9. The number of nitriles is 1. The standard InChI is InChI=1S/C35H40N8O6/c1-10-30(44)38-26-17-29(28(47-9)18-27(26)43(14-13-41(6)7)34(46)49-35(3,4)5)48-33(45)40-32-37-12-11-25(39-32)22-15-23(19-36)31-24(16-22)21(2)20-42(31)8/h10-12,15-18,20H,1,13-14H2,2-9H3,(H,38,44)(H,37,39,40,45). The van der Waals surface area contributed by atoms with Gasteiger partial charge in [-0.25, -0.2) is 19.6 Å². The van der Waals surface area contributed by atoms with Crippen molar-refractivity contribution in [2.75, 3.05) is 49.8 Å². The Kier molecular flexibility index (Phi) is 10.9. The number of nitrogens with zero attached hydrogens (tertiary/aromatic N) is 6. The van der Waals surface area contributed by atoms with E-state index < -0.39 is 23.7 Å². The summed E-state index contributed by atoms with van der Waals surface area (Å²) in [5.41, 5.74) is 3.03. The predicted molar refractivity (Wildman–Crippen MR) is 187 cm³/mol. The van der Waals surface area contributed by atoms with Gasteiger partial charge in [0.1, 0.15) is 11.7 Å². The molecule has 49 heavy (non-hydrogen) atoms. The molecule has 0 unspecified atom stereocenters. The lowest BCUT2D eigenvalue weighted by Gasteiger charge is -2.30. The summed E-state index contributed by atoms with van der Waals surface area (Å²) in [5.74, 6) is -0.598. The van der Waals surface area contributed by atoms with E-state index in [1.165, 1.54) is 30.3 Å². The van der Waals surface area contributed by atoms with Gasteiger partial charge in [-0.3, -0.25) is 15.0 Å². The molecule has 0 atom stereocenters. The second kappa shape index (κ2) is 14.9. The highest BCUT2D eigenvalue weighted by Gasteiger charge is 2.28. The number of ether oxygens (including phenoxy) is 3. The number of anilines is 3. The molecule has 0 saturated carbocycles. The molecule has 2 aromatic heterocycles. The van der Waals surface area contributed by atoms with Gasteiger partial charge < -0.3 is 29.0 Å². The number of amides is 3. The van der Waals surface area contributed by atoms with Gasteiger partial charge in [0.2, 0.25) is 11.9 Å². The van der Waals surface area contributed by atoms with Crippen molar-refractivity contribution in [1.82, 2.24) is 19.4 Å². The Balaban J connectivity index is 1.67. The molecule has 14 heteroatoms. The first-order valence-electron chi connectivity index (χ1n) is 15.3. The Hall–Kier alpha value is -5.94. The molecule has 4 aromatic rings. The summed E-state index contributed by atoms with van der Waals surface area (Å²) in [5, 5.41) is 15.9. The Morgan fingerprint density at radius 1 is 1.10 bits per heavy atom. The predicted octanol–water partition coefficient (Wildman–Crippen LogP) is 5.86. The maximum Gasteiger partial charge on any atom is 0.419 e. The number of carbonyl (C=O) groups excluding carboxylic acids is 3. The molecule has 0 radical (unpaired) electrons. The van der Waals surface area contributed by atoms with E-state index in [1.54, 1.807) is 32.9 Å². The van der Waals surface area contributed by atoms with Gasteiger partial charge in [-0.05, 0) is 71.6 Å². The van der Waals surface area contributed by atoms with Gasteiger partial charge in [0.25, 0.3) is 0 Å². The van der Waals surface area contributed by atoms with Crippen LogP contribution in [0.5, 0.6) is 11.5 Å². The molecule has 0 spiro atoms. The number of aryl methyl sites for hydroxylation is 2. The van der Waals surface area contributed by atoms with E-state index in [9.17, 15) is 19.6 Å². The van der Waals surface area contributed by atoms with Crippen molar-refractivity contribution in [2.45, 2.75) is 33.3 Å². The summed E-state index contributed by atoms with van der Waals surface area (Å²) in [4.78, 5) is 50.9. The molecule has 2 heterocycles. The number of fused-ring (bicyclic) bond motifs is 1. The molecule has 256 valence electrons. The van der Waals surface area contributed by atoms with Crippen molar-refractivity contribution in [3.8, 4) is 28.8 Å². The number of aromatic nitrogens is 3. The van der Waals surface area contributed by atoms with Gasteiger partial charge in [0.15, 0.2) is 11.5 Å². The Morgan fingerprint density at radius 3 is 2.47 bits per heavy atom. The highest BCUT2D eigenvalue weighted by Crippen LogP contribution is 2.39. The molecule has 0 aliphatic heterocycles. The number of likely N-dealkylation sites (N-methyl/N-ethyl adjacent to an activating group) is 1. The zero-order valence-electron chi connectivity index (χ0n) is 28.9. The summed E-state index contributed by atoms with van der Waals surface area (Å²) < 4.78 is 18.7. The van der Waals surface area contributed by atoms with E-state index in [-0.39, 0.29) is 35.4 Å². The third kappa shape index (κ3) is 8.70.